The van der Waals surface area contributed by atoms with Crippen LogP contribution in [-0.4, -0.2) is 15.9 Å². The van der Waals surface area contributed by atoms with Crippen LogP contribution in [0.5, 0.6) is 0 Å². The second-order valence-electron chi connectivity index (χ2n) is 5.65. The number of halogens is 3. The molecule has 0 aliphatic heterocycles. The molecule has 1 amide bonds. The van der Waals surface area contributed by atoms with Crippen LogP contribution in [0.15, 0.2) is 53.1 Å². The van der Waals surface area contributed by atoms with E-state index in [9.17, 15) is 18.0 Å². The van der Waals surface area contributed by atoms with Crippen LogP contribution in [0.3, 0.4) is 0 Å². The number of furan rings is 1. The molecule has 2 heterocycles. The van der Waals surface area contributed by atoms with Crippen molar-refractivity contribution in [1.29, 1.82) is 0 Å². The third kappa shape index (κ3) is 4.63. The lowest BCUT2D eigenvalue weighted by Crippen LogP contribution is -2.19. The summed E-state index contributed by atoms with van der Waals surface area (Å²) in [6.07, 6.45) is -3.06. The number of nitrogens with one attached hydrogen (secondary N) is 2. The van der Waals surface area contributed by atoms with Gasteiger partial charge in [0.1, 0.15) is 11.5 Å². The number of carbonyl (C=O) groups excluding carboxylic acids is 1. The maximum absolute atomic E-state index is 13.1. The zero-order valence-corrected chi connectivity index (χ0v) is 14.2. The number of aryl methyl sites for hydroxylation is 1. The zero-order valence-electron chi connectivity index (χ0n) is 14.2. The van der Waals surface area contributed by atoms with Gasteiger partial charge in [0, 0.05) is 5.69 Å². The summed E-state index contributed by atoms with van der Waals surface area (Å²) < 4.78 is 44.4. The topological polar surface area (TPSA) is 80.0 Å². The normalized spacial score (nSPS) is 11.3. The lowest BCUT2D eigenvalue weighted by atomic mass is 10.1. The van der Waals surface area contributed by atoms with E-state index in [1.807, 2.05) is 0 Å². The predicted molar refractivity (Wildman–Crippen MR) is 92.2 cm³/mol. The largest absolute Gasteiger partial charge is 0.467 e. The van der Waals surface area contributed by atoms with E-state index >= 15 is 0 Å². The molecule has 0 radical (unpaired) electrons. The molecule has 9 heteroatoms. The summed E-state index contributed by atoms with van der Waals surface area (Å²) in [5.74, 6) is 0.0455. The van der Waals surface area contributed by atoms with Crippen molar-refractivity contribution in [3.63, 3.8) is 0 Å². The molecule has 0 saturated carbocycles. The molecule has 1 aromatic carbocycles. The fourth-order valence-electron chi connectivity index (χ4n) is 2.37. The highest BCUT2D eigenvalue weighted by Crippen LogP contribution is 2.34. The van der Waals surface area contributed by atoms with Crippen molar-refractivity contribution in [2.24, 2.45) is 0 Å². The molecule has 3 aromatic rings. The van der Waals surface area contributed by atoms with Crippen LogP contribution in [-0.2, 0) is 12.7 Å². The quantitative estimate of drug-likeness (QED) is 0.695. The smallest absolute Gasteiger partial charge is 0.418 e. The molecule has 0 bridgehead atoms. The van der Waals surface area contributed by atoms with E-state index < -0.39 is 17.6 Å². The number of nitrogens with zero attached hydrogens (tertiary/aromatic N) is 2. The van der Waals surface area contributed by atoms with E-state index in [1.54, 1.807) is 19.1 Å². The van der Waals surface area contributed by atoms with E-state index in [-0.39, 0.29) is 17.3 Å². The highest BCUT2D eigenvalue weighted by molar-refractivity contribution is 6.03. The fourth-order valence-corrected chi connectivity index (χ4v) is 2.37. The molecule has 140 valence electrons. The Morgan fingerprint density at radius 3 is 2.63 bits per heavy atom. The number of para-hydroxylation sites is 1. The summed E-state index contributed by atoms with van der Waals surface area (Å²) >= 11 is 0. The average Bonchev–Trinajstić information content (AvgIpc) is 3.12. The summed E-state index contributed by atoms with van der Waals surface area (Å²) in [6.45, 7) is 1.95. The van der Waals surface area contributed by atoms with Crippen LogP contribution in [0.1, 0.15) is 27.5 Å². The van der Waals surface area contributed by atoms with Gasteiger partial charge in [0.2, 0.25) is 5.95 Å². The minimum absolute atomic E-state index is 0.0542. The SMILES string of the molecule is Cc1cc(C(=O)Nc2ccccc2C(F)(F)F)nc(NCc2ccco2)n1. The molecular formula is C18H15F3N4O2. The van der Waals surface area contributed by atoms with Crippen LogP contribution in [0.4, 0.5) is 24.8 Å². The Labute approximate surface area is 152 Å². The van der Waals surface area contributed by atoms with Gasteiger partial charge in [-0.1, -0.05) is 12.1 Å². The third-order valence-electron chi connectivity index (χ3n) is 3.57. The first-order valence-corrected chi connectivity index (χ1v) is 7.92. The number of aromatic nitrogens is 2. The van der Waals surface area contributed by atoms with Crippen LogP contribution < -0.4 is 10.6 Å². The lowest BCUT2D eigenvalue weighted by molar-refractivity contribution is -0.136. The standard InChI is InChI=1S/C18H15F3N4O2/c1-11-9-15(25-17(23-11)22-10-12-5-4-8-27-12)16(26)24-14-7-3-2-6-13(14)18(19,20)21/h2-9H,10H2,1H3,(H,24,26)(H,22,23,25). The van der Waals surface area contributed by atoms with Gasteiger partial charge in [-0.3, -0.25) is 4.79 Å². The van der Waals surface area contributed by atoms with Crippen molar-refractivity contribution >= 4 is 17.5 Å². The first-order valence-electron chi connectivity index (χ1n) is 7.92. The minimum atomic E-state index is -4.58. The first kappa shape index (κ1) is 18.4. The molecule has 0 aliphatic rings. The van der Waals surface area contributed by atoms with Crippen LogP contribution in [0.2, 0.25) is 0 Å². The number of alkyl halides is 3. The molecular weight excluding hydrogens is 361 g/mol. The molecule has 3 rings (SSSR count). The van der Waals surface area contributed by atoms with Gasteiger partial charge in [0.25, 0.3) is 5.91 Å². The van der Waals surface area contributed by atoms with Crippen LogP contribution >= 0.6 is 0 Å². The van der Waals surface area contributed by atoms with E-state index in [0.717, 1.165) is 6.07 Å². The van der Waals surface area contributed by atoms with Gasteiger partial charge >= 0.3 is 6.18 Å². The Kier molecular flexibility index (Phi) is 5.11. The summed E-state index contributed by atoms with van der Waals surface area (Å²) in [5.41, 5.74) is -0.834. The number of hydrogen-bond donors (Lipinski definition) is 2. The number of amides is 1. The van der Waals surface area contributed by atoms with E-state index in [4.69, 9.17) is 4.42 Å². The highest BCUT2D eigenvalue weighted by Gasteiger charge is 2.33. The molecule has 27 heavy (non-hydrogen) atoms. The molecule has 0 aliphatic carbocycles. The maximum Gasteiger partial charge on any atom is 0.418 e. The molecule has 0 spiro atoms. The van der Waals surface area contributed by atoms with Crippen molar-refractivity contribution in [2.45, 2.75) is 19.6 Å². The molecule has 6 nitrogen and oxygen atoms in total. The Morgan fingerprint density at radius 1 is 1.15 bits per heavy atom. The first-order chi connectivity index (χ1) is 12.8. The van der Waals surface area contributed by atoms with Crippen molar-refractivity contribution < 1.29 is 22.4 Å². The Bertz CT molecular complexity index is 940. The average molecular weight is 376 g/mol. The minimum Gasteiger partial charge on any atom is -0.467 e. The summed E-state index contributed by atoms with van der Waals surface area (Å²) in [5, 5.41) is 5.17. The predicted octanol–water partition coefficient (Wildman–Crippen LogP) is 4.26. The molecule has 0 fully saturated rings. The van der Waals surface area contributed by atoms with E-state index in [1.165, 1.54) is 30.5 Å². The van der Waals surface area contributed by atoms with Gasteiger partial charge in [0.15, 0.2) is 0 Å². The summed E-state index contributed by atoms with van der Waals surface area (Å²) in [4.78, 5) is 20.6. The second-order valence-corrected chi connectivity index (χ2v) is 5.65. The Balaban J connectivity index is 1.79. The lowest BCUT2D eigenvalue weighted by Gasteiger charge is -2.13. The molecule has 0 atom stereocenters. The third-order valence-corrected chi connectivity index (χ3v) is 3.57. The van der Waals surface area contributed by atoms with Gasteiger partial charge in [-0.2, -0.15) is 13.2 Å². The Hall–Kier alpha value is -3.36. The zero-order chi connectivity index (χ0) is 19.4. The van der Waals surface area contributed by atoms with Gasteiger partial charge < -0.3 is 15.1 Å². The number of benzene rings is 1. The molecule has 0 unspecified atom stereocenters. The van der Waals surface area contributed by atoms with Crippen molar-refractivity contribution in [3.05, 3.63) is 71.4 Å². The molecule has 0 saturated heterocycles. The maximum atomic E-state index is 13.1. The molecule has 2 N–H and O–H groups in total. The second kappa shape index (κ2) is 7.48. The number of anilines is 2. The highest BCUT2D eigenvalue weighted by atomic mass is 19.4. The fraction of sp³-hybridized carbons (Fsp3) is 0.167. The van der Waals surface area contributed by atoms with Crippen molar-refractivity contribution in [1.82, 2.24) is 9.97 Å². The molecule has 2 aromatic heterocycles. The van der Waals surface area contributed by atoms with Crippen molar-refractivity contribution in [2.75, 3.05) is 10.6 Å². The van der Waals surface area contributed by atoms with E-state index in [0.29, 0.717) is 18.0 Å². The summed E-state index contributed by atoms with van der Waals surface area (Å²) in [6, 6.07) is 9.62. The van der Waals surface area contributed by atoms with E-state index in [2.05, 4.69) is 20.6 Å². The van der Waals surface area contributed by atoms with Gasteiger partial charge in [-0.25, -0.2) is 9.97 Å². The van der Waals surface area contributed by atoms with Crippen LogP contribution in [0.25, 0.3) is 0 Å². The number of rotatable bonds is 5. The summed E-state index contributed by atoms with van der Waals surface area (Å²) in [7, 11) is 0. The van der Waals surface area contributed by atoms with Gasteiger partial charge in [-0.05, 0) is 37.3 Å². The Morgan fingerprint density at radius 2 is 1.93 bits per heavy atom. The van der Waals surface area contributed by atoms with Gasteiger partial charge in [0.05, 0.1) is 24.1 Å². The van der Waals surface area contributed by atoms with Crippen LogP contribution in [0, 0.1) is 6.92 Å². The number of hydrogen-bond acceptors (Lipinski definition) is 5. The van der Waals surface area contributed by atoms with Gasteiger partial charge in [-0.15, -0.1) is 0 Å². The number of carbonyl (C=O) groups is 1. The monoisotopic (exact) mass is 376 g/mol. The van der Waals surface area contributed by atoms with Crippen molar-refractivity contribution in [3.8, 4) is 0 Å².